The molecule has 0 spiro atoms. The minimum Gasteiger partial charge on any atom is -0.487 e. The Morgan fingerprint density at radius 3 is 2.54 bits per heavy atom. The van der Waals surface area contributed by atoms with E-state index in [0.29, 0.717) is 39.4 Å². The lowest BCUT2D eigenvalue weighted by molar-refractivity contribution is 0.309. The summed E-state index contributed by atoms with van der Waals surface area (Å²) in [5.41, 5.74) is 1.92. The predicted octanol–water partition coefficient (Wildman–Crippen LogP) is 4.33. The lowest BCUT2D eigenvalue weighted by atomic mass is 10.2. The third-order valence-corrected chi connectivity index (χ3v) is 4.34. The number of pyridine rings is 1. The predicted molar refractivity (Wildman–Crippen MR) is 104 cm³/mol. The van der Waals surface area contributed by atoms with Crippen LogP contribution >= 0.6 is 15.9 Å². The second-order valence-corrected chi connectivity index (χ2v) is 6.50. The van der Waals surface area contributed by atoms with Gasteiger partial charge in [-0.1, -0.05) is 42.5 Å². The minimum absolute atomic E-state index is 0.225. The second kappa shape index (κ2) is 7.09. The molecule has 0 aliphatic heterocycles. The minimum atomic E-state index is -0.225. The van der Waals surface area contributed by atoms with E-state index in [2.05, 4.69) is 30.9 Å². The molecule has 0 aliphatic rings. The van der Waals surface area contributed by atoms with Crippen LogP contribution in [-0.4, -0.2) is 15.0 Å². The van der Waals surface area contributed by atoms with Crippen molar-refractivity contribution >= 4 is 26.8 Å². The molecule has 6 heteroatoms. The van der Waals surface area contributed by atoms with E-state index < -0.39 is 0 Å². The van der Waals surface area contributed by atoms with Crippen LogP contribution in [0.1, 0.15) is 5.56 Å². The standard InChI is InChI=1S/C20H14BrN3O2/c21-17-11-5-9-15(22-17)19-23-18-14(20(25)24-19)8-4-10-16(18)26-12-13-6-2-1-3-7-13/h1-11H,12H2,(H,23,24,25). The Hall–Kier alpha value is -2.99. The van der Waals surface area contributed by atoms with Crippen molar-refractivity contribution in [3.8, 4) is 17.3 Å². The van der Waals surface area contributed by atoms with Crippen LogP contribution in [0.15, 0.2) is 76.1 Å². The molecule has 0 fully saturated rings. The number of para-hydroxylation sites is 1. The normalized spacial score (nSPS) is 10.8. The summed E-state index contributed by atoms with van der Waals surface area (Å²) < 4.78 is 6.60. The van der Waals surface area contributed by atoms with Crippen molar-refractivity contribution in [1.82, 2.24) is 15.0 Å². The molecule has 4 aromatic rings. The van der Waals surface area contributed by atoms with Crippen LogP contribution < -0.4 is 10.3 Å². The molecule has 0 saturated carbocycles. The Balaban J connectivity index is 1.77. The zero-order chi connectivity index (χ0) is 17.9. The van der Waals surface area contributed by atoms with E-state index in [9.17, 15) is 4.79 Å². The number of hydrogen-bond donors (Lipinski definition) is 1. The molecule has 5 nitrogen and oxygen atoms in total. The number of nitrogens with one attached hydrogen (secondary N) is 1. The van der Waals surface area contributed by atoms with Gasteiger partial charge in [0, 0.05) is 0 Å². The number of halogens is 1. The Labute approximate surface area is 157 Å². The van der Waals surface area contributed by atoms with Gasteiger partial charge in [0.1, 0.15) is 28.2 Å². The highest BCUT2D eigenvalue weighted by Gasteiger charge is 2.11. The largest absolute Gasteiger partial charge is 0.487 e. The quantitative estimate of drug-likeness (QED) is 0.511. The summed E-state index contributed by atoms with van der Waals surface area (Å²) in [6.45, 7) is 0.402. The van der Waals surface area contributed by atoms with Crippen molar-refractivity contribution in [1.29, 1.82) is 0 Å². The zero-order valence-electron chi connectivity index (χ0n) is 13.6. The number of benzene rings is 2. The van der Waals surface area contributed by atoms with Crippen molar-refractivity contribution in [2.45, 2.75) is 6.61 Å². The van der Waals surface area contributed by atoms with E-state index in [1.165, 1.54) is 0 Å². The topological polar surface area (TPSA) is 67.9 Å². The van der Waals surface area contributed by atoms with Crippen LogP contribution in [0.25, 0.3) is 22.4 Å². The summed E-state index contributed by atoms with van der Waals surface area (Å²) in [6.07, 6.45) is 0. The number of nitrogens with zero attached hydrogens (tertiary/aromatic N) is 2. The van der Waals surface area contributed by atoms with Crippen molar-refractivity contribution < 1.29 is 4.74 Å². The summed E-state index contributed by atoms with van der Waals surface area (Å²) >= 11 is 3.34. The van der Waals surface area contributed by atoms with E-state index in [-0.39, 0.29) is 5.56 Å². The number of aromatic nitrogens is 3. The summed E-state index contributed by atoms with van der Waals surface area (Å²) in [7, 11) is 0. The van der Waals surface area contributed by atoms with Crippen LogP contribution in [0.5, 0.6) is 5.75 Å². The number of ether oxygens (including phenoxy) is 1. The molecule has 0 aliphatic carbocycles. The fraction of sp³-hybridized carbons (Fsp3) is 0.0500. The highest BCUT2D eigenvalue weighted by molar-refractivity contribution is 9.10. The fourth-order valence-electron chi connectivity index (χ4n) is 2.65. The average molecular weight is 408 g/mol. The lowest BCUT2D eigenvalue weighted by Crippen LogP contribution is -2.11. The molecule has 2 aromatic carbocycles. The van der Waals surface area contributed by atoms with E-state index in [0.717, 1.165) is 5.56 Å². The molecule has 0 amide bonds. The first-order chi connectivity index (χ1) is 12.7. The molecule has 0 atom stereocenters. The summed E-state index contributed by atoms with van der Waals surface area (Å²) in [5.74, 6) is 0.966. The maximum atomic E-state index is 12.5. The Bertz CT molecular complexity index is 1130. The molecule has 0 radical (unpaired) electrons. The molecule has 0 saturated heterocycles. The Morgan fingerprint density at radius 1 is 0.923 bits per heavy atom. The van der Waals surface area contributed by atoms with Gasteiger partial charge in [0.05, 0.1) is 5.39 Å². The second-order valence-electron chi connectivity index (χ2n) is 5.69. The van der Waals surface area contributed by atoms with Gasteiger partial charge in [0.25, 0.3) is 5.56 Å². The van der Waals surface area contributed by atoms with Crippen molar-refractivity contribution in [2.24, 2.45) is 0 Å². The number of H-pyrrole nitrogens is 1. The van der Waals surface area contributed by atoms with Gasteiger partial charge >= 0.3 is 0 Å². The third-order valence-electron chi connectivity index (χ3n) is 3.89. The molecule has 2 aromatic heterocycles. The van der Waals surface area contributed by atoms with Crippen LogP contribution in [-0.2, 0) is 6.61 Å². The van der Waals surface area contributed by atoms with E-state index in [1.54, 1.807) is 18.2 Å². The third kappa shape index (κ3) is 3.36. The van der Waals surface area contributed by atoms with Gasteiger partial charge in [0.15, 0.2) is 5.82 Å². The van der Waals surface area contributed by atoms with Gasteiger partial charge in [-0.3, -0.25) is 4.79 Å². The lowest BCUT2D eigenvalue weighted by Gasteiger charge is -2.10. The van der Waals surface area contributed by atoms with E-state index >= 15 is 0 Å². The molecule has 128 valence electrons. The smallest absolute Gasteiger partial charge is 0.259 e. The SMILES string of the molecule is O=c1[nH]c(-c2cccc(Br)n2)nc2c(OCc3ccccc3)cccc12. The molecule has 0 unspecified atom stereocenters. The number of rotatable bonds is 4. The van der Waals surface area contributed by atoms with Gasteiger partial charge < -0.3 is 9.72 Å². The molecule has 26 heavy (non-hydrogen) atoms. The highest BCUT2D eigenvalue weighted by atomic mass is 79.9. The number of aromatic amines is 1. The monoisotopic (exact) mass is 407 g/mol. The van der Waals surface area contributed by atoms with Crippen LogP contribution in [0.3, 0.4) is 0 Å². The number of fused-ring (bicyclic) bond motifs is 1. The van der Waals surface area contributed by atoms with Gasteiger partial charge in [-0.2, -0.15) is 0 Å². The first-order valence-electron chi connectivity index (χ1n) is 8.03. The van der Waals surface area contributed by atoms with Crippen molar-refractivity contribution in [3.63, 3.8) is 0 Å². The highest BCUT2D eigenvalue weighted by Crippen LogP contribution is 2.24. The van der Waals surface area contributed by atoms with Crippen molar-refractivity contribution in [2.75, 3.05) is 0 Å². The van der Waals surface area contributed by atoms with Crippen molar-refractivity contribution in [3.05, 3.63) is 87.3 Å². The van der Waals surface area contributed by atoms with Gasteiger partial charge in [0.2, 0.25) is 0 Å². The maximum absolute atomic E-state index is 12.5. The van der Waals surface area contributed by atoms with Gasteiger partial charge in [-0.25, -0.2) is 9.97 Å². The first kappa shape index (κ1) is 16.5. The summed E-state index contributed by atoms with van der Waals surface area (Å²) in [6, 6.07) is 20.6. The maximum Gasteiger partial charge on any atom is 0.259 e. The molecule has 2 heterocycles. The fourth-order valence-corrected chi connectivity index (χ4v) is 2.99. The first-order valence-corrected chi connectivity index (χ1v) is 8.83. The Morgan fingerprint density at radius 2 is 1.73 bits per heavy atom. The molecule has 0 bridgehead atoms. The van der Waals surface area contributed by atoms with E-state index in [1.807, 2.05) is 48.5 Å². The summed E-state index contributed by atoms with van der Waals surface area (Å²) in [4.78, 5) is 24.2. The van der Waals surface area contributed by atoms with Crippen LogP contribution in [0.4, 0.5) is 0 Å². The number of hydrogen-bond acceptors (Lipinski definition) is 4. The summed E-state index contributed by atoms with van der Waals surface area (Å²) in [5, 5.41) is 0.481. The Kier molecular flexibility index (Phi) is 4.50. The van der Waals surface area contributed by atoms with Crippen LogP contribution in [0.2, 0.25) is 0 Å². The van der Waals surface area contributed by atoms with Crippen LogP contribution in [0, 0.1) is 0 Å². The van der Waals surface area contributed by atoms with Gasteiger partial charge in [-0.15, -0.1) is 0 Å². The molecular weight excluding hydrogens is 394 g/mol. The zero-order valence-corrected chi connectivity index (χ0v) is 15.2. The molecule has 4 rings (SSSR count). The van der Waals surface area contributed by atoms with E-state index in [4.69, 9.17) is 4.74 Å². The van der Waals surface area contributed by atoms with Gasteiger partial charge in [-0.05, 0) is 45.8 Å². The molecule has 1 N–H and O–H groups in total. The average Bonchev–Trinajstić information content (AvgIpc) is 2.67. The molecular formula is C20H14BrN3O2.